The van der Waals surface area contributed by atoms with Crippen LogP contribution in [0.1, 0.15) is 97.8 Å². The molecule has 0 aromatic rings. The van der Waals surface area contributed by atoms with Crippen LogP contribution in [0.4, 0.5) is 0 Å². The molecular formula is C24H40. The maximum atomic E-state index is 2.74. The molecule has 0 aromatic carbocycles. The van der Waals surface area contributed by atoms with E-state index in [2.05, 4.69) is 20.8 Å². The van der Waals surface area contributed by atoms with Gasteiger partial charge in [0.05, 0.1) is 0 Å². The second-order valence-electron chi connectivity index (χ2n) is 11.4. The monoisotopic (exact) mass is 328 g/mol. The molecule has 9 atom stereocenters. The predicted octanol–water partition coefficient (Wildman–Crippen LogP) is 7.08. The van der Waals surface area contributed by atoms with Crippen LogP contribution in [0.15, 0.2) is 0 Å². The summed E-state index contributed by atoms with van der Waals surface area (Å²) in [6.45, 7) is 7.96. The van der Waals surface area contributed by atoms with Gasteiger partial charge < -0.3 is 0 Å². The molecule has 5 fully saturated rings. The van der Waals surface area contributed by atoms with E-state index in [9.17, 15) is 0 Å². The molecule has 136 valence electrons. The molecular weight excluding hydrogens is 288 g/mol. The molecule has 5 aliphatic carbocycles. The van der Waals surface area contributed by atoms with E-state index in [1.54, 1.807) is 64.2 Å². The molecule has 0 aromatic heterocycles. The molecule has 5 rings (SSSR count). The summed E-state index contributed by atoms with van der Waals surface area (Å²) in [4.78, 5) is 0. The lowest BCUT2D eigenvalue weighted by Gasteiger charge is -2.60. The van der Waals surface area contributed by atoms with Crippen LogP contribution >= 0.6 is 0 Å². The zero-order valence-corrected chi connectivity index (χ0v) is 16.5. The summed E-state index contributed by atoms with van der Waals surface area (Å²) in [5.41, 5.74) is 1.45. The average molecular weight is 329 g/mol. The SMILES string of the molecule is CC1CC1CC1CCC2C3CCC4CCCCC4(C)C3CCC12C. The van der Waals surface area contributed by atoms with E-state index in [1.807, 2.05) is 0 Å². The second kappa shape index (κ2) is 5.50. The molecule has 9 unspecified atom stereocenters. The standard InChI is InChI=1S/C24H40/c1-16-14-17(16)15-19-8-10-21-20-9-7-18-6-4-5-12-23(18,2)22(20)11-13-24(19,21)3/h16-22H,4-15H2,1-3H3. The van der Waals surface area contributed by atoms with Gasteiger partial charge in [0.2, 0.25) is 0 Å². The minimum Gasteiger partial charge on any atom is -0.0622 e. The first-order valence-corrected chi connectivity index (χ1v) is 11.5. The molecule has 0 N–H and O–H groups in total. The van der Waals surface area contributed by atoms with E-state index in [-0.39, 0.29) is 0 Å². The van der Waals surface area contributed by atoms with Gasteiger partial charge in [-0.2, -0.15) is 0 Å². The predicted molar refractivity (Wildman–Crippen MR) is 102 cm³/mol. The van der Waals surface area contributed by atoms with Crippen molar-refractivity contribution >= 4 is 0 Å². The fraction of sp³-hybridized carbons (Fsp3) is 1.00. The van der Waals surface area contributed by atoms with Crippen molar-refractivity contribution in [3.63, 3.8) is 0 Å². The van der Waals surface area contributed by atoms with E-state index >= 15 is 0 Å². The first-order chi connectivity index (χ1) is 11.5. The van der Waals surface area contributed by atoms with Crippen molar-refractivity contribution in [3.05, 3.63) is 0 Å². The highest BCUT2D eigenvalue weighted by Crippen LogP contribution is 2.68. The lowest BCUT2D eigenvalue weighted by molar-refractivity contribution is -0.111. The Bertz CT molecular complexity index is 494. The minimum atomic E-state index is 0.724. The summed E-state index contributed by atoms with van der Waals surface area (Å²) in [5.74, 6) is 7.61. The zero-order chi connectivity index (χ0) is 16.5. The summed E-state index contributed by atoms with van der Waals surface area (Å²) in [6, 6.07) is 0. The number of hydrogen-bond donors (Lipinski definition) is 0. The third-order valence-corrected chi connectivity index (χ3v) is 10.6. The smallest absolute Gasteiger partial charge is 0.0266 e. The van der Waals surface area contributed by atoms with Gasteiger partial charge >= 0.3 is 0 Å². The number of rotatable bonds is 2. The van der Waals surface area contributed by atoms with E-state index in [1.165, 1.54) is 12.8 Å². The molecule has 0 bridgehead atoms. The van der Waals surface area contributed by atoms with E-state index < -0.39 is 0 Å². The van der Waals surface area contributed by atoms with Gasteiger partial charge in [-0.05, 0) is 116 Å². The zero-order valence-electron chi connectivity index (χ0n) is 16.5. The first-order valence-electron chi connectivity index (χ1n) is 11.5. The van der Waals surface area contributed by atoms with Crippen molar-refractivity contribution in [2.75, 3.05) is 0 Å². The fourth-order valence-corrected chi connectivity index (χ4v) is 8.88. The molecule has 0 spiro atoms. The van der Waals surface area contributed by atoms with Crippen LogP contribution in [0.25, 0.3) is 0 Å². The van der Waals surface area contributed by atoms with Crippen LogP contribution in [0.5, 0.6) is 0 Å². The van der Waals surface area contributed by atoms with Gasteiger partial charge in [0, 0.05) is 0 Å². The third-order valence-electron chi connectivity index (χ3n) is 10.6. The van der Waals surface area contributed by atoms with Gasteiger partial charge in [-0.15, -0.1) is 0 Å². The topological polar surface area (TPSA) is 0 Å². The highest BCUT2D eigenvalue weighted by Gasteiger charge is 2.59. The van der Waals surface area contributed by atoms with Gasteiger partial charge in [-0.25, -0.2) is 0 Å². The molecule has 5 saturated carbocycles. The van der Waals surface area contributed by atoms with Gasteiger partial charge in [0.1, 0.15) is 0 Å². The summed E-state index contributed by atoms with van der Waals surface area (Å²) in [6.07, 6.45) is 18.8. The van der Waals surface area contributed by atoms with Crippen LogP contribution in [-0.4, -0.2) is 0 Å². The Labute approximate surface area is 150 Å². The van der Waals surface area contributed by atoms with E-state index in [4.69, 9.17) is 0 Å². The highest BCUT2D eigenvalue weighted by atomic mass is 14.6. The molecule has 0 aliphatic heterocycles. The van der Waals surface area contributed by atoms with Crippen molar-refractivity contribution in [3.8, 4) is 0 Å². The largest absolute Gasteiger partial charge is 0.0622 e. The van der Waals surface area contributed by atoms with Crippen molar-refractivity contribution < 1.29 is 0 Å². The van der Waals surface area contributed by atoms with Crippen molar-refractivity contribution in [2.24, 2.45) is 52.3 Å². The molecule has 0 heteroatoms. The van der Waals surface area contributed by atoms with Gasteiger partial charge in [-0.1, -0.05) is 33.6 Å². The van der Waals surface area contributed by atoms with Gasteiger partial charge in [0.25, 0.3) is 0 Å². The normalized spacial score (nSPS) is 59.4. The van der Waals surface area contributed by atoms with Crippen molar-refractivity contribution in [1.29, 1.82) is 0 Å². The van der Waals surface area contributed by atoms with Crippen molar-refractivity contribution in [1.82, 2.24) is 0 Å². The molecule has 0 amide bonds. The Kier molecular flexibility index (Phi) is 3.71. The first kappa shape index (κ1) is 16.2. The van der Waals surface area contributed by atoms with Gasteiger partial charge in [0.15, 0.2) is 0 Å². The lowest BCUT2D eigenvalue weighted by atomic mass is 9.45. The fourth-order valence-electron chi connectivity index (χ4n) is 8.88. The molecule has 0 nitrogen and oxygen atoms in total. The molecule has 0 heterocycles. The average Bonchev–Trinajstić information content (AvgIpc) is 3.15. The maximum absolute atomic E-state index is 2.74. The van der Waals surface area contributed by atoms with Crippen LogP contribution < -0.4 is 0 Å². The number of hydrogen-bond acceptors (Lipinski definition) is 0. The highest BCUT2D eigenvalue weighted by molar-refractivity contribution is 5.09. The molecule has 0 radical (unpaired) electrons. The van der Waals surface area contributed by atoms with Gasteiger partial charge in [-0.3, -0.25) is 0 Å². The lowest BCUT2D eigenvalue weighted by Crippen LogP contribution is -2.52. The third kappa shape index (κ3) is 2.23. The Hall–Kier alpha value is 0. The summed E-state index contributed by atoms with van der Waals surface area (Å²) in [5, 5.41) is 0. The summed E-state index contributed by atoms with van der Waals surface area (Å²) in [7, 11) is 0. The second-order valence-corrected chi connectivity index (χ2v) is 11.4. The summed E-state index contributed by atoms with van der Waals surface area (Å²) < 4.78 is 0. The Balaban J connectivity index is 1.37. The Morgan fingerprint density at radius 1 is 0.792 bits per heavy atom. The Morgan fingerprint density at radius 2 is 1.58 bits per heavy atom. The molecule has 0 saturated heterocycles. The molecule has 24 heavy (non-hydrogen) atoms. The van der Waals surface area contributed by atoms with Crippen LogP contribution in [0.2, 0.25) is 0 Å². The van der Waals surface area contributed by atoms with Crippen molar-refractivity contribution in [2.45, 2.75) is 97.8 Å². The quantitative estimate of drug-likeness (QED) is 0.508. The maximum Gasteiger partial charge on any atom is -0.0266 e. The van der Waals surface area contributed by atoms with E-state index in [0.29, 0.717) is 0 Å². The number of fused-ring (bicyclic) bond motifs is 5. The van der Waals surface area contributed by atoms with E-state index in [0.717, 1.165) is 52.3 Å². The summed E-state index contributed by atoms with van der Waals surface area (Å²) >= 11 is 0. The van der Waals surface area contributed by atoms with Crippen LogP contribution in [0.3, 0.4) is 0 Å². The minimum absolute atomic E-state index is 0.724. The molecule has 5 aliphatic rings. The van der Waals surface area contributed by atoms with Crippen LogP contribution in [0, 0.1) is 52.3 Å². The van der Waals surface area contributed by atoms with Crippen LogP contribution in [-0.2, 0) is 0 Å². The Morgan fingerprint density at radius 3 is 2.38 bits per heavy atom.